The van der Waals surface area contributed by atoms with Gasteiger partial charge in [-0.05, 0) is 23.8 Å². The van der Waals surface area contributed by atoms with Gasteiger partial charge in [-0.25, -0.2) is 4.39 Å². The maximum Gasteiger partial charge on any atom is 0.225 e. The number of nitrogens with one attached hydrogen (secondary N) is 1. The summed E-state index contributed by atoms with van der Waals surface area (Å²) in [6.07, 6.45) is 0.433. The van der Waals surface area contributed by atoms with Crippen molar-refractivity contribution < 1.29 is 9.18 Å². The third-order valence-electron chi connectivity index (χ3n) is 5.51. The zero-order chi connectivity index (χ0) is 20.8. The van der Waals surface area contributed by atoms with Crippen LogP contribution in [0.15, 0.2) is 78.9 Å². The Morgan fingerprint density at radius 2 is 1.50 bits per heavy atom. The first-order valence-corrected chi connectivity index (χ1v) is 10.4. The van der Waals surface area contributed by atoms with Gasteiger partial charge in [-0.1, -0.05) is 60.7 Å². The molecule has 1 aliphatic heterocycles. The summed E-state index contributed by atoms with van der Waals surface area (Å²) in [7, 11) is 0. The van der Waals surface area contributed by atoms with E-state index in [0.717, 1.165) is 43.0 Å². The Labute approximate surface area is 176 Å². The van der Waals surface area contributed by atoms with E-state index in [4.69, 9.17) is 0 Å². The van der Waals surface area contributed by atoms with E-state index in [0.29, 0.717) is 18.7 Å². The fraction of sp³-hybridized carbons (Fsp3) is 0.240. The topological polar surface area (TPSA) is 35.6 Å². The molecule has 0 aromatic heterocycles. The average molecular weight is 404 g/mol. The molecule has 0 unspecified atom stereocenters. The number of benzene rings is 3. The van der Waals surface area contributed by atoms with Crippen LogP contribution in [-0.2, 0) is 4.79 Å². The zero-order valence-corrected chi connectivity index (χ0v) is 16.9. The SMILES string of the molecule is O=C(CCN1CCN(c2ccccc2F)CC1)Nc1ccccc1-c1ccccc1. The van der Waals surface area contributed by atoms with Gasteiger partial charge in [0.25, 0.3) is 0 Å². The molecule has 0 bridgehead atoms. The van der Waals surface area contributed by atoms with Crippen LogP contribution in [0.2, 0.25) is 0 Å². The number of anilines is 2. The number of hydrogen-bond acceptors (Lipinski definition) is 3. The molecule has 1 saturated heterocycles. The van der Waals surface area contributed by atoms with E-state index in [1.54, 1.807) is 6.07 Å². The van der Waals surface area contributed by atoms with Crippen LogP contribution in [0.5, 0.6) is 0 Å². The second-order valence-electron chi connectivity index (χ2n) is 7.49. The maximum absolute atomic E-state index is 14.0. The molecule has 3 aromatic carbocycles. The molecule has 1 fully saturated rings. The summed E-state index contributed by atoms with van der Waals surface area (Å²) in [6, 6.07) is 24.8. The van der Waals surface area contributed by atoms with Crippen molar-refractivity contribution >= 4 is 17.3 Å². The number of piperazine rings is 1. The van der Waals surface area contributed by atoms with Crippen LogP contribution in [0.4, 0.5) is 15.8 Å². The Balaban J connectivity index is 1.29. The molecule has 0 saturated carbocycles. The minimum Gasteiger partial charge on any atom is -0.367 e. The van der Waals surface area contributed by atoms with Crippen LogP contribution < -0.4 is 10.2 Å². The highest BCUT2D eigenvalue weighted by Gasteiger charge is 2.19. The first-order chi connectivity index (χ1) is 14.7. The van der Waals surface area contributed by atoms with Crippen LogP contribution in [-0.4, -0.2) is 43.5 Å². The van der Waals surface area contributed by atoms with Crippen molar-refractivity contribution in [3.8, 4) is 11.1 Å². The van der Waals surface area contributed by atoms with Gasteiger partial charge in [0.05, 0.1) is 5.69 Å². The molecule has 1 amide bonds. The number of rotatable bonds is 6. The molecule has 0 aliphatic carbocycles. The van der Waals surface area contributed by atoms with Crippen LogP contribution >= 0.6 is 0 Å². The molecule has 3 aromatic rings. The van der Waals surface area contributed by atoms with Gasteiger partial charge in [-0.15, -0.1) is 0 Å². The molecule has 154 valence electrons. The molecule has 0 atom stereocenters. The van der Waals surface area contributed by atoms with E-state index >= 15 is 0 Å². The lowest BCUT2D eigenvalue weighted by Crippen LogP contribution is -2.47. The number of nitrogens with zero attached hydrogens (tertiary/aromatic N) is 2. The predicted octanol–water partition coefficient (Wildman–Crippen LogP) is 4.64. The summed E-state index contributed by atoms with van der Waals surface area (Å²) in [5.41, 5.74) is 3.59. The van der Waals surface area contributed by atoms with Gasteiger partial charge in [-0.3, -0.25) is 9.69 Å². The Morgan fingerprint density at radius 3 is 2.27 bits per heavy atom. The molecule has 4 rings (SSSR count). The number of amides is 1. The molecule has 30 heavy (non-hydrogen) atoms. The largest absolute Gasteiger partial charge is 0.367 e. The Morgan fingerprint density at radius 1 is 0.833 bits per heavy atom. The van der Waals surface area contributed by atoms with Crippen LogP contribution in [0.1, 0.15) is 6.42 Å². The molecule has 5 heteroatoms. The van der Waals surface area contributed by atoms with E-state index in [9.17, 15) is 9.18 Å². The summed E-state index contributed by atoms with van der Waals surface area (Å²) in [5, 5.41) is 3.07. The summed E-state index contributed by atoms with van der Waals surface area (Å²) in [6.45, 7) is 3.87. The standard InChI is InChI=1S/C25H26FN3O/c26-22-11-5-7-13-24(22)29-18-16-28(17-19-29)15-14-25(30)27-23-12-6-4-10-21(23)20-8-2-1-3-9-20/h1-13H,14-19H2,(H,27,30). The normalized spacial score (nSPS) is 14.5. The van der Waals surface area contributed by atoms with E-state index < -0.39 is 0 Å². The van der Waals surface area contributed by atoms with Crippen LogP contribution in [0.3, 0.4) is 0 Å². The van der Waals surface area contributed by atoms with Crippen molar-refractivity contribution in [3.63, 3.8) is 0 Å². The second-order valence-corrected chi connectivity index (χ2v) is 7.49. The van der Waals surface area contributed by atoms with Gasteiger partial charge in [0.15, 0.2) is 0 Å². The van der Waals surface area contributed by atoms with E-state index in [1.165, 1.54) is 6.07 Å². The molecule has 1 N–H and O–H groups in total. The summed E-state index contributed by atoms with van der Waals surface area (Å²) in [5.74, 6) is -0.169. The monoisotopic (exact) mass is 403 g/mol. The minimum absolute atomic E-state index is 0.00918. The fourth-order valence-electron chi connectivity index (χ4n) is 3.85. The molecular formula is C25H26FN3O. The Bertz CT molecular complexity index is 984. The van der Waals surface area contributed by atoms with Gasteiger partial charge in [0.2, 0.25) is 5.91 Å². The van der Waals surface area contributed by atoms with Gasteiger partial charge < -0.3 is 10.2 Å². The number of halogens is 1. The lowest BCUT2D eigenvalue weighted by atomic mass is 10.0. The van der Waals surface area contributed by atoms with Crippen molar-refractivity contribution in [1.29, 1.82) is 0 Å². The minimum atomic E-state index is -0.178. The van der Waals surface area contributed by atoms with E-state index in [1.807, 2.05) is 66.7 Å². The lowest BCUT2D eigenvalue weighted by Gasteiger charge is -2.36. The summed E-state index contributed by atoms with van der Waals surface area (Å²) in [4.78, 5) is 16.9. The van der Waals surface area contributed by atoms with Crippen LogP contribution in [0.25, 0.3) is 11.1 Å². The highest BCUT2D eigenvalue weighted by molar-refractivity contribution is 5.95. The third kappa shape index (κ3) is 4.86. The van der Waals surface area contributed by atoms with Crippen molar-refractivity contribution in [2.45, 2.75) is 6.42 Å². The molecule has 1 heterocycles. The number of carbonyl (C=O) groups excluding carboxylic acids is 1. The second kappa shape index (κ2) is 9.55. The first-order valence-electron chi connectivity index (χ1n) is 10.4. The van der Waals surface area contributed by atoms with Crippen molar-refractivity contribution in [1.82, 2.24) is 4.90 Å². The molecule has 1 aliphatic rings. The molecule has 4 nitrogen and oxygen atoms in total. The van der Waals surface area contributed by atoms with Gasteiger partial charge in [-0.2, -0.15) is 0 Å². The smallest absolute Gasteiger partial charge is 0.225 e. The average Bonchev–Trinajstić information content (AvgIpc) is 2.79. The molecular weight excluding hydrogens is 377 g/mol. The first kappa shape index (κ1) is 20.1. The zero-order valence-electron chi connectivity index (χ0n) is 16.9. The third-order valence-corrected chi connectivity index (χ3v) is 5.51. The maximum atomic E-state index is 14.0. The van der Waals surface area contributed by atoms with Crippen molar-refractivity contribution in [2.24, 2.45) is 0 Å². The summed E-state index contributed by atoms with van der Waals surface area (Å²) >= 11 is 0. The van der Waals surface area contributed by atoms with Gasteiger partial charge in [0, 0.05) is 50.4 Å². The molecule has 0 radical (unpaired) electrons. The Hall–Kier alpha value is -3.18. The van der Waals surface area contributed by atoms with E-state index in [-0.39, 0.29) is 11.7 Å². The highest BCUT2D eigenvalue weighted by Crippen LogP contribution is 2.27. The quantitative estimate of drug-likeness (QED) is 0.651. The van der Waals surface area contributed by atoms with E-state index in [2.05, 4.69) is 15.1 Å². The van der Waals surface area contributed by atoms with Gasteiger partial charge in [0.1, 0.15) is 5.82 Å². The van der Waals surface area contributed by atoms with Gasteiger partial charge >= 0.3 is 0 Å². The fourth-order valence-corrected chi connectivity index (χ4v) is 3.85. The highest BCUT2D eigenvalue weighted by atomic mass is 19.1. The Kier molecular flexibility index (Phi) is 6.40. The number of para-hydroxylation sites is 2. The number of carbonyl (C=O) groups is 1. The number of hydrogen-bond donors (Lipinski definition) is 1. The van der Waals surface area contributed by atoms with Crippen molar-refractivity contribution in [3.05, 3.63) is 84.7 Å². The van der Waals surface area contributed by atoms with Crippen LogP contribution in [0, 0.1) is 5.82 Å². The summed E-state index contributed by atoms with van der Waals surface area (Å²) < 4.78 is 14.0. The van der Waals surface area contributed by atoms with Crippen molar-refractivity contribution in [2.75, 3.05) is 42.9 Å². The predicted molar refractivity (Wildman–Crippen MR) is 120 cm³/mol. The lowest BCUT2D eigenvalue weighted by molar-refractivity contribution is -0.116. The molecule has 0 spiro atoms.